The van der Waals surface area contributed by atoms with Crippen molar-refractivity contribution < 1.29 is 9.59 Å². The molecule has 166 valence electrons. The summed E-state index contributed by atoms with van der Waals surface area (Å²) in [6, 6.07) is 6.17. The summed E-state index contributed by atoms with van der Waals surface area (Å²) in [6.07, 6.45) is 0. The highest BCUT2D eigenvalue weighted by Gasteiger charge is 2.24. The van der Waals surface area contributed by atoms with Crippen molar-refractivity contribution in [1.29, 1.82) is 0 Å². The minimum absolute atomic E-state index is 0.0184. The van der Waals surface area contributed by atoms with E-state index < -0.39 is 0 Å². The number of nitrogens with one attached hydrogen (secondary N) is 2. The summed E-state index contributed by atoms with van der Waals surface area (Å²) >= 11 is 5.47. The van der Waals surface area contributed by atoms with Crippen molar-refractivity contribution in [2.24, 2.45) is 0 Å². The zero-order valence-electron chi connectivity index (χ0n) is 19.0. The van der Waals surface area contributed by atoms with Gasteiger partial charge in [0.1, 0.15) is 0 Å². The Labute approximate surface area is 185 Å². The second-order valence-corrected chi connectivity index (χ2v) is 9.50. The van der Waals surface area contributed by atoms with E-state index in [0.29, 0.717) is 37.8 Å². The van der Waals surface area contributed by atoms with Gasteiger partial charge in [-0.3, -0.25) is 14.5 Å². The molecule has 0 atom stereocenters. The quantitative estimate of drug-likeness (QED) is 0.693. The number of likely N-dealkylation sites (N-methyl/N-ethyl adjacent to an activating group) is 1. The van der Waals surface area contributed by atoms with E-state index in [1.54, 1.807) is 4.90 Å². The Bertz CT molecular complexity index is 762. The van der Waals surface area contributed by atoms with Gasteiger partial charge in [0, 0.05) is 44.5 Å². The molecule has 0 aromatic heterocycles. The number of anilines is 1. The second-order valence-electron chi connectivity index (χ2n) is 9.12. The fourth-order valence-electron chi connectivity index (χ4n) is 3.46. The molecule has 0 saturated carbocycles. The van der Waals surface area contributed by atoms with Gasteiger partial charge in [0.05, 0.1) is 13.1 Å². The van der Waals surface area contributed by atoms with Crippen molar-refractivity contribution in [1.82, 2.24) is 20.0 Å². The highest BCUT2D eigenvalue weighted by molar-refractivity contribution is 7.80. The van der Waals surface area contributed by atoms with Gasteiger partial charge < -0.3 is 20.4 Å². The number of piperazine rings is 1. The van der Waals surface area contributed by atoms with Gasteiger partial charge in [0.15, 0.2) is 5.11 Å². The van der Waals surface area contributed by atoms with E-state index in [-0.39, 0.29) is 23.9 Å². The lowest BCUT2D eigenvalue weighted by atomic mass is 10.1. The Morgan fingerprint density at radius 2 is 1.63 bits per heavy atom. The molecule has 30 heavy (non-hydrogen) atoms. The normalized spacial score (nSPS) is 14.9. The highest BCUT2D eigenvalue weighted by atomic mass is 32.1. The topological polar surface area (TPSA) is 67.9 Å². The zero-order valence-corrected chi connectivity index (χ0v) is 19.9. The minimum atomic E-state index is -0.233. The van der Waals surface area contributed by atoms with Gasteiger partial charge in [-0.2, -0.15) is 0 Å². The third-order valence-corrected chi connectivity index (χ3v) is 5.21. The molecule has 1 heterocycles. The first kappa shape index (κ1) is 24.1. The molecule has 2 N–H and O–H groups in total. The average molecular weight is 434 g/mol. The lowest BCUT2D eigenvalue weighted by Gasteiger charge is -2.35. The van der Waals surface area contributed by atoms with Crippen LogP contribution >= 0.6 is 12.2 Å². The molecule has 0 bridgehead atoms. The summed E-state index contributed by atoms with van der Waals surface area (Å²) in [5.74, 6) is 0.0608. The molecule has 7 nitrogen and oxygen atoms in total. The smallest absolute Gasteiger partial charge is 0.242 e. The van der Waals surface area contributed by atoms with Crippen LogP contribution in [0, 0.1) is 13.8 Å². The van der Waals surface area contributed by atoms with Gasteiger partial charge in [0.2, 0.25) is 11.8 Å². The van der Waals surface area contributed by atoms with Gasteiger partial charge in [-0.1, -0.05) is 6.07 Å². The van der Waals surface area contributed by atoms with Crippen LogP contribution in [0.25, 0.3) is 0 Å². The number of thiocarbonyl (C=S) groups is 1. The van der Waals surface area contributed by atoms with E-state index in [2.05, 4.69) is 21.6 Å². The van der Waals surface area contributed by atoms with Crippen molar-refractivity contribution >= 4 is 34.8 Å². The Morgan fingerprint density at radius 3 is 2.17 bits per heavy atom. The van der Waals surface area contributed by atoms with Gasteiger partial charge in [-0.25, -0.2) is 0 Å². The Balaban J connectivity index is 1.78. The summed E-state index contributed by atoms with van der Waals surface area (Å²) in [7, 11) is 1.82. The molecule has 1 aromatic carbocycles. The molecule has 0 unspecified atom stereocenters. The Hall–Kier alpha value is -2.19. The van der Waals surface area contributed by atoms with Gasteiger partial charge in [-0.15, -0.1) is 0 Å². The number of carbonyl (C=O) groups excluding carboxylic acids is 2. The summed E-state index contributed by atoms with van der Waals surface area (Å²) in [5, 5.41) is 6.71. The fourth-order valence-corrected chi connectivity index (χ4v) is 3.64. The van der Waals surface area contributed by atoms with E-state index in [1.807, 2.05) is 58.7 Å². The number of benzene rings is 1. The second kappa shape index (κ2) is 10.2. The molecule has 1 aliphatic rings. The van der Waals surface area contributed by atoms with E-state index >= 15 is 0 Å². The standard InChI is InChI=1S/C22H35N5O2S/c1-16-11-17(2)13-18(12-16)23-21(30)25(6)15-20(29)27-9-7-26(8-10-27)14-19(28)24-22(3,4)5/h11-13H,7-10,14-15H2,1-6H3,(H,23,30)(H,24,28). The predicted octanol–water partition coefficient (Wildman–Crippen LogP) is 1.99. The minimum Gasteiger partial charge on any atom is -0.350 e. The van der Waals surface area contributed by atoms with Gasteiger partial charge in [0.25, 0.3) is 0 Å². The molecule has 2 amide bonds. The Kier molecular flexibility index (Phi) is 8.20. The first-order valence-corrected chi connectivity index (χ1v) is 10.8. The highest BCUT2D eigenvalue weighted by Crippen LogP contribution is 2.14. The molecule has 1 saturated heterocycles. The number of nitrogens with zero attached hydrogens (tertiary/aromatic N) is 3. The molecule has 0 aliphatic carbocycles. The van der Waals surface area contributed by atoms with Crippen LogP contribution in [0.5, 0.6) is 0 Å². The maximum absolute atomic E-state index is 12.7. The fraction of sp³-hybridized carbons (Fsp3) is 0.591. The van der Waals surface area contributed by atoms with Crippen molar-refractivity contribution in [3.8, 4) is 0 Å². The number of hydrogen-bond donors (Lipinski definition) is 2. The van der Waals surface area contributed by atoms with Gasteiger partial charge >= 0.3 is 0 Å². The third kappa shape index (κ3) is 7.91. The molecule has 1 aliphatic heterocycles. The molecule has 1 aromatic rings. The van der Waals surface area contributed by atoms with E-state index in [1.165, 1.54) is 0 Å². The summed E-state index contributed by atoms with van der Waals surface area (Å²) in [6.45, 7) is 13.2. The third-order valence-electron chi connectivity index (χ3n) is 4.80. The predicted molar refractivity (Wildman–Crippen MR) is 126 cm³/mol. The molecule has 0 radical (unpaired) electrons. The molecular weight excluding hydrogens is 398 g/mol. The van der Waals surface area contributed by atoms with Crippen molar-refractivity contribution in [3.05, 3.63) is 29.3 Å². The van der Waals surface area contributed by atoms with Crippen LogP contribution in [0.2, 0.25) is 0 Å². The number of amides is 2. The monoisotopic (exact) mass is 433 g/mol. The maximum atomic E-state index is 12.7. The lowest BCUT2D eigenvalue weighted by Crippen LogP contribution is -2.54. The largest absolute Gasteiger partial charge is 0.350 e. The summed E-state index contributed by atoms with van der Waals surface area (Å²) < 4.78 is 0. The number of rotatable bonds is 5. The molecular formula is C22H35N5O2S. The molecule has 8 heteroatoms. The SMILES string of the molecule is Cc1cc(C)cc(NC(=S)N(C)CC(=O)N2CCN(CC(=O)NC(C)(C)C)CC2)c1. The van der Waals surface area contributed by atoms with E-state index in [0.717, 1.165) is 16.8 Å². The van der Waals surface area contributed by atoms with Crippen LogP contribution in [0.1, 0.15) is 31.9 Å². The maximum Gasteiger partial charge on any atom is 0.242 e. The zero-order chi connectivity index (χ0) is 22.5. The molecule has 1 fully saturated rings. The van der Waals surface area contributed by atoms with Crippen LogP contribution < -0.4 is 10.6 Å². The van der Waals surface area contributed by atoms with Crippen LogP contribution in [0.15, 0.2) is 18.2 Å². The Morgan fingerprint density at radius 1 is 1.07 bits per heavy atom. The number of hydrogen-bond acceptors (Lipinski definition) is 4. The number of aryl methyl sites for hydroxylation is 2. The average Bonchev–Trinajstić information content (AvgIpc) is 2.59. The van der Waals surface area contributed by atoms with Crippen LogP contribution in [0.3, 0.4) is 0 Å². The van der Waals surface area contributed by atoms with Crippen molar-refractivity contribution in [2.45, 2.75) is 40.2 Å². The van der Waals surface area contributed by atoms with Crippen molar-refractivity contribution in [3.63, 3.8) is 0 Å². The van der Waals surface area contributed by atoms with Crippen molar-refractivity contribution in [2.75, 3.05) is 51.6 Å². The van der Waals surface area contributed by atoms with Crippen LogP contribution in [0.4, 0.5) is 5.69 Å². The van der Waals surface area contributed by atoms with Crippen LogP contribution in [-0.2, 0) is 9.59 Å². The molecule has 0 spiro atoms. The van der Waals surface area contributed by atoms with E-state index in [4.69, 9.17) is 12.2 Å². The first-order chi connectivity index (χ1) is 13.9. The van der Waals surface area contributed by atoms with Gasteiger partial charge in [-0.05, 0) is 70.1 Å². The first-order valence-electron chi connectivity index (χ1n) is 10.3. The summed E-state index contributed by atoms with van der Waals surface area (Å²) in [5.41, 5.74) is 3.02. The number of carbonyl (C=O) groups is 2. The molecule has 2 rings (SSSR count). The lowest BCUT2D eigenvalue weighted by molar-refractivity contribution is -0.133. The van der Waals surface area contributed by atoms with Crippen LogP contribution in [-0.4, -0.2) is 83.5 Å². The van der Waals surface area contributed by atoms with E-state index in [9.17, 15) is 9.59 Å². The summed E-state index contributed by atoms with van der Waals surface area (Å²) in [4.78, 5) is 30.5.